The molecule has 0 amide bonds. The highest BCUT2D eigenvalue weighted by Crippen LogP contribution is 2.52. The van der Waals surface area contributed by atoms with Crippen LogP contribution in [0, 0.1) is 17.2 Å². The Labute approximate surface area is 108 Å². The summed E-state index contributed by atoms with van der Waals surface area (Å²) >= 11 is 0. The third-order valence-corrected chi connectivity index (χ3v) is 4.23. The van der Waals surface area contributed by atoms with Crippen molar-refractivity contribution in [3.8, 4) is 0 Å². The molecule has 0 saturated carbocycles. The Kier molecular flexibility index (Phi) is 3.06. The molecule has 0 bridgehead atoms. The number of nitrogens with zero attached hydrogens (tertiary/aromatic N) is 1. The van der Waals surface area contributed by atoms with Gasteiger partial charge in [-0.15, -0.1) is 0 Å². The molecular formula is C15H21NO2. The summed E-state index contributed by atoms with van der Waals surface area (Å²) in [6.07, 6.45) is 1.23. The van der Waals surface area contributed by atoms with Crippen LogP contribution in [0.2, 0.25) is 0 Å². The maximum absolute atomic E-state index is 11.1. The predicted molar refractivity (Wildman–Crippen MR) is 72.4 cm³/mol. The number of benzene rings is 1. The van der Waals surface area contributed by atoms with Crippen LogP contribution < -0.4 is 0 Å². The maximum Gasteiger partial charge on any atom is 0.0974 e. The van der Waals surface area contributed by atoms with E-state index in [1.54, 1.807) is 6.92 Å². The minimum absolute atomic E-state index is 0.262. The molecule has 2 rings (SSSR count). The Balaban J connectivity index is 2.50. The lowest BCUT2D eigenvalue weighted by molar-refractivity contribution is -0.0697. The number of rotatable bonds is 3. The number of aliphatic hydroxyl groups is 1. The fourth-order valence-electron chi connectivity index (χ4n) is 3.07. The van der Waals surface area contributed by atoms with Crippen LogP contribution in [0.4, 0.5) is 0 Å². The molecule has 0 saturated heterocycles. The van der Waals surface area contributed by atoms with Gasteiger partial charge in [0.05, 0.1) is 11.6 Å². The van der Waals surface area contributed by atoms with Crippen LogP contribution in [-0.2, 0) is 12.0 Å². The zero-order valence-electron chi connectivity index (χ0n) is 11.5. The summed E-state index contributed by atoms with van der Waals surface area (Å²) < 4.78 is 0. The van der Waals surface area contributed by atoms with Gasteiger partial charge in [-0.05, 0) is 31.4 Å². The van der Waals surface area contributed by atoms with Gasteiger partial charge < -0.3 is 5.11 Å². The molecular weight excluding hydrogens is 226 g/mol. The van der Waals surface area contributed by atoms with Crippen LogP contribution in [0.3, 0.4) is 0 Å². The molecule has 1 aromatic rings. The van der Waals surface area contributed by atoms with E-state index in [4.69, 9.17) is 0 Å². The van der Waals surface area contributed by atoms with E-state index in [9.17, 15) is 10.0 Å². The quantitative estimate of drug-likeness (QED) is 0.833. The second kappa shape index (κ2) is 4.16. The topological polar surface area (TPSA) is 49.7 Å². The molecule has 3 nitrogen and oxygen atoms in total. The molecule has 0 heterocycles. The second-order valence-electron chi connectivity index (χ2n) is 6.24. The van der Waals surface area contributed by atoms with E-state index in [-0.39, 0.29) is 11.5 Å². The van der Waals surface area contributed by atoms with Gasteiger partial charge in [-0.3, -0.25) is 0 Å². The summed E-state index contributed by atoms with van der Waals surface area (Å²) in [4.78, 5) is 10.7. The summed E-state index contributed by atoms with van der Waals surface area (Å²) in [6, 6.07) is 5.83. The van der Waals surface area contributed by atoms with Crippen LogP contribution in [0.15, 0.2) is 23.4 Å². The number of nitroso groups, excluding NO2 is 1. The van der Waals surface area contributed by atoms with E-state index < -0.39 is 5.60 Å². The van der Waals surface area contributed by atoms with E-state index in [0.717, 1.165) is 17.5 Å². The van der Waals surface area contributed by atoms with Gasteiger partial charge in [0.25, 0.3) is 0 Å². The molecule has 0 aromatic heterocycles. The van der Waals surface area contributed by atoms with Crippen molar-refractivity contribution in [2.45, 2.75) is 52.2 Å². The van der Waals surface area contributed by atoms with E-state index in [2.05, 4.69) is 31.2 Å². The van der Waals surface area contributed by atoms with E-state index in [0.29, 0.717) is 6.42 Å². The number of hydrogen-bond donors (Lipinski definition) is 1. The Bertz CT molecular complexity index is 481. The molecule has 2 unspecified atom stereocenters. The van der Waals surface area contributed by atoms with Crippen LogP contribution in [0.25, 0.3) is 0 Å². The van der Waals surface area contributed by atoms with Crippen molar-refractivity contribution in [1.82, 2.24) is 0 Å². The Morgan fingerprint density at radius 2 is 2.11 bits per heavy atom. The van der Waals surface area contributed by atoms with Crippen molar-refractivity contribution in [2.75, 3.05) is 0 Å². The standard InChI is InChI=1S/C15H21NO2/c1-10-5-6-12-9-14(3,4)15(17,13(12)7-10)8-11(2)16-18/h5-7,11,17H,8-9H2,1-4H3. The lowest BCUT2D eigenvalue weighted by Gasteiger charge is -2.38. The summed E-state index contributed by atoms with van der Waals surface area (Å²) in [5, 5.41) is 14.1. The lowest BCUT2D eigenvalue weighted by Crippen LogP contribution is -2.40. The lowest BCUT2D eigenvalue weighted by atomic mass is 9.72. The molecule has 1 aromatic carbocycles. The van der Waals surface area contributed by atoms with Gasteiger partial charge in [-0.2, -0.15) is 4.91 Å². The molecule has 18 heavy (non-hydrogen) atoms. The molecule has 1 aliphatic carbocycles. The van der Waals surface area contributed by atoms with Gasteiger partial charge in [-0.1, -0.05) is 42.8 Å². The molecule has 1 aliphatic rings. The molecule has 98 valence electrons. The third-order valence-electron chi connectivity index (χ3n) is 4.23. The number of fused-ring (bicyclic) bond motifs is 1. The van der Waals surface area contributed by atoms with Gasteiger partial charge in [0, 0.05) is 11.8 Å². The first-order chi connectivity index (χ1) is 8.30. The van der Waals surface area contributed by atoms with Gasteiger partial charge >= 0.3 is 0 Å². The van der Waals surface area contributed by atoms with Gasteiger partial charge in [0.15, 0.2) is 0 Å². The first-order valence-corrected chi connectivity index (χ1v) is 6.45. The van der Waals surface area contributed by atoms with Crippen molar-refractivity contribution in [3.63, 3.8) is 0 Å². The third kappa shape index (κ3) is 1.87. The Morgan fingerprint density at radius 1 is 1.44 bits per heavy atom. The fourth-order valence-corrected chi connectivity index (χ4v) is 3.07. The van der Waals surface area contributed by atoms with Crippen molar-refractivity contribution >= 4 is 0 Å². The second-order valence-corrected chi connectivity index (χ2v) is 6.24. The predicted octanol–water partition coefficient (Wildman–Crippen LogP) is 3.31. The summed E-state index contributed by atoms with van der Waals surface area (Å²) in [7, 11) is 0. The average Bonchev–Trinajstić information content (AvgIpc) is 2.48. The molecule has 0 radical (unpaired) electrons. The van der Waals surface area contributed by atoms with Gasteiger partial charge in [-0.25, -0.2) is 0 Å². The molecule has 0 aliphatic heterocycles. The largest absolute Gasteiger partial charge is 0.384 e. The van der Waals surface area contributed by atoms with E-state index >= 15 is 0 Å². The zero-order valence-corrected chi connectivity index (χ0v) is 11.5. The highest BCUT2D eigenvalue weighted by molar-refractivity contribution is 5.43. The zero-order chi connectivity index (χ0) is 13.6. The SMILES string of the molecule is Cc1ccc2c(c1)C(O)(CC(C)N=O)C(C)(C)C2. The fraction of sp³-hybridized carbons (Fsp3) is 0.600. The highest BCUT2D eigenvalue weighted by atomic mass is 16.3. The van der Waals surface area contributed by atoms with Crippen LogP contribution in [0.5, 0.6) is 0 Å². The first-order valence-electron chi connectivity index (χ1n) is 6.45. The van der Waals surface area contributed by atoms with Gasteiger partial charge in [0.2, 0.25) is 0 Å². The van der Waals surface area contributed by atoms with Gasteiger partial charge in [0.1, 0.15) is 0 Å². The normalized spacial score (nSPS) is 26.7. The monoisotopic (exact) mass is 247 g/mol. The number of aryl methyl sites for hydroxylation is 1. The average molecular weight is 247 g/mol. The van der Waals surface area contributed by atoms with Crippen molar-refractivity contribution in [3.05, 3.63) is 39.8 Å². The summed E-state index contributed by atoms with van der Waals surface area (Å²) in [5.41, 5.74) is 2.08. The van der Waals surface area contributed by atoms with Crippen LogP contribution in [0.1, 0.15) is 43.9 Å². The molecule has 0 spiro atoms. The van der Waals surface area contributed by atoms with Crippen LogP contribution in [-0.4, -0.2) is 11.1 Å². The van der Waals surface area contributed by atoms with E-state index in [1.807, 2.05) is 13.0 Å². The number of hydrogen-bond acceptors (Lipinski definition) is 3. The van der Waals surface area contributed by atoms with Crippen molar-refractivity contribution in [2.24, 2.45) is 10.6 Å². The Hall–Kier alpha value is -1.22. The minimum Gasteiger partial charge on any atom is -0.384 e. The van der Waals surface area contributed by atoms with Crippen LogP contribution >= 0.6 is 0 Å². The van der Waals surface area contributed by atoms with Crippen molar-refractivity contribution < 1.29 is 5.11 Å². The first kappa shape index (κ1) is 13.2. The summed E-state index contributed by atoms with van der Waals surface area (Å²) in [5.74, 6) is 0. The maximum atomic E-state index is 11.1. The molecule has 1 N–H and O–H groups in total. The van der Waals surface area contributed by atoms with E-state index in [1.165, 1.54) is 5.56 Å². The minimum atomic E-state index is -0.957. The molecule has 0 fully saturated rings. The Morgan fingerprint density at radius 3 is 2.72 bits per heavy atom. The highest BCUT2D eigenvalue weighted by Gasteiger charge is 2.51. The molecule has 3 heteroatoms. The molecule has 2 atom stereocenters. The summed E-state index contributed by atoms with van der Waals surface area (Å²) in [6.45, 7) is 7.89. The van der Waals surface area contributed by atoms with Crippen molar-refractivity contribution in [1.29, 1.82) is 0 Å². The smallest absolute Gasteiger partial charge is 0.0974 e.